The predicted octanol–water partition coefficient (Wildman–Crippen LogP) is 0.426. The number of Topliss-reactive ketones (excluding diaryl/α,β-unsaturated/α-hetero) is 4. The van der Waals surface area contributed by atoms with Crippen LogP contribution in [0.4, 0.5) is 0 Å². The molecule has 4 aliphatic carbocycles. The fourth-order valence-corrected chi connectivity index (χ4v) is 6.23. The summed E-state index contributed by atoms with van der Waals surface area (Å²) in [5, 5.41) is 33.4. The zero-order valence-corrected chi connectivity index (χ0v) is 18.5. The van der Waals surface area contributed by atoms with E-state index in [0.717, 1.165) is 24.8 Å². The van der Waals surface area contributed by atoms with Crippen molar-refractivity contribution in [3.63, 3.8) is 0 Å². The molecule has 0 aromatic heterocycles. The third-order valence-corrected chi connectivity index (χ3v) is 8.25. The van der Waals surface area contributed by atoms with Gasteiger partial charge in [-0.3, -0.25) is 24.0 Å². The third-order valence-electron chi connectivity index (χ3n) is 8.25. The first-order valence-corrected chi connectivity index (χ1v) is 11.4. The molecule has 1 amide bonds. The van der Waals surface area contributed by atoms with Gasteiger partial charge in [0, 0.05) is 23.8 Å². The van der Waals surface area contributed by atoms with Crippen LogP contribution in [0.5, 0.6) is 5.75 Å². The number of rotatable bonds is 2. The van der Waals surface area contributed by atoms with Crippen molar-refractivity contribution in [2.75, 3.05) is 0 Å². The van der Waals surface area contributed by atoms with Crippen molar-refractivity contribution in [3.05, 3.63) is 34.4 Å². The largest absolute Gasteiger partial charge is 0.507 e. The van der Waals surface area contributed by atoms with E-state index in [9.17, 15) is 39.3 Å². The van der Waals surface area contributed by atoms with Crippen LogP contribution in [0, 0.1) is 23.7 Å². The zero-order chi connectivity index (χ0) is 24.7. The zero-order valence-electron chi connectivity index (χ0n) is 18.5. The number of phenols is 1. The van der Waals surface area contributed by atoms with Crippen molar-refractivity contribution in [3.8, 4) is 5.75 Å². The number of aromatic hydroxyl groups is 1. The van der Waals surface area contributed by atoms with Crippen LogP contribution in [0.15, 0.2) is 17.7 Å². The van der Waals surface area contributed by atoms with Gasteiger partial charge in [0.05, 0.1) is 17.6 Å². The highest BCUT2D eigenvalue weighted by atomic mass is 16.3. The summed E-state index contributed by atoms with van der Waals surface area (Å²) >= 11 is 0. The highest BCUT2D eigenvalue weighted by Gasteiger charge is 2.69. The van der Waals surface area contributed by atoms with Gasteiger partial charge in [-0.2, -0.15) is 0 Å². The molecular weight excluding hydrogens is 442 g/mol. The van der Waals surface area contributed by atoms with Crippen LogP contribution in [0.1, 0.15) is 60.0 Å². The number of hydrogen-bond acceptors (Lipinski definition) is 8. The third kappa shape index (κ3) is 2.77. The van der Waals surface area contributed by atoms with Gasteiger partial charge in [0.2, 0.25) is 5.91 Å². The molecule has 3 saturated carbocycles. The number of phenolic OH excluding ortho intramolecular Hbond substituents is 1. The SMILES string of the molecule is C[C@H]1c2ccc(C=C3CCC3)c(O)c2C(=O)C2C(=O)[C@]3(O)C(=O)C(C(N)=O)C(=O)C[C@@H]3[C@@H](O)[C@@H]21. The molecule has 5 N–H and O–H groups in total. The molecule has 3 fully saturated rings. The molecule has 178 valence electrons. The second-order valence-corrected chi connectivity index (χ2v) is 9.93. The van der Waals surface area contributed by atoms with E-state index in [2.05, 4.69) is 0 Å². The molecule has 9 heteroatoms. The van der Waals surface area contributed by atoms with E-state index >= 15 is 0 Å². The topological polar surface area (TPSA) is 172 Å². The Bertz CT molecular complexity index is 1210. The first-order valence-electron chi connectivity index (χ1n) is 11.4. The van der Waals surface area contributed by atoms with E-state index in [4.69, 9.17) is 5.73 Å². The molecule has 34 heavy (non-hydrogen) atoms. The Morgan fingerprint density at radius 2 is 1.82 bits per heavy atom. The number of hydrogen-bond donors (Lipinski definition) is 4. The number of fused-ring (bicyclic) bond motifs is 3. The lowest BCUT2D eigenvalue weighted by atomic mass is 9.50. The minimum absolute atomic E-state index is 0.0733. The molecule has 1 aromatic carbocycles. The first kappa shape index (κ1) is 22.6. The van der Waals surface area contributed by atoms with Crippen molar-refractivity contribution < 1.29 is 39.3 Å². The van der Waals surface area contributed by atoms with Crippen molar-refractivity contribution in [2.24, 2.45) is 29.4 Å². The van der Waals surface area contributed by atoms with Crippen LogP contribution in [-0.2, 0) is 19.2 Å². The van der Waals surface area contributed by atoms with Crippen LogP contribution >= 0.6 is 0 Å². The Morgan fingerprint density at radius 3 is 2.41 bits per heavy atom. The maximum atomic E-state index is 13.6. The Morgan fingerprint density at radius 1 is 1.15 bits per heavy atom. The van der Waals surface area contributed by atoms with Gasteiger partial charge in [0.15, 0.2) is 34.7 Å². The summed E-state index contributed by atoms with van der Waals surface area (Å²) in [5.41, 5.74) is 4.20. The van der Waals surface area contributed by atoms with Crippen molar-refractivity contribution >= 4 is 35.1 Å². The molecule has 0 heterocycles. The number of benzene rings is 1. The van der Waals surface area contributed by atoms with Crippen LogP contribution < -0.4 is 5.73 Å². The quantitative estimate of drug-likeness (QED) is 0.453. The number of ketones is 4. The molecule has 0 radical (unpaired) electrons. The monoisotopic (exact) mass is 467 g/mol. The summed E-state index contributed by atoms with van der Waals surface area (Å²) < 4.78 is 0. The van der Waals surface area contributed by atoms with Crippen molar-refractivity contribution in [1.29, 1.82) is 0 Å². The second-order valence-electron chi connectivity index (χ2n) is 9.93. The molecule has 0 bridgehead atoms. The minimum atomic E-state index is -2.90. The minimum Gasteiger partial charge on any atom is -0.507 e. The van der Waals surface area contributed by atoms with Gasteiger partial charge in [-0.15, -0.1) is 0 Å². The molecule has 1 aromatic rings. The van der Waals surface area contributed by atoms with Crippen LogP contribution in [0.2, 0.25) is 0 Å². The summed E-state index contributed by atoms with van der Waals surface area (Å²) in [6.45, 7) is 1.69. The normalized spacial score (nSPS) is 36.9. The molecule has 0 aliphatic heterocycles. The number of allylic oxidation sites excluding steroid dienone is 1. The Balaban J connectivity index is 1.64. The van der Waals surface area contributed by atoms with E-state index in [1.807, 2.05) is 0 Å². The highest BCUT2D eigenvalue weighted by Crippen LogP contribution is 2.54. The molecule has 0 spiro atoms. The van der Waals surface area contributed by atoms with E-state index in [1.54, 1.807) is 25.1 Å². The molecule has 0 saturated heterocycles. The fourth-order valence-electron chi connectivity index (χ4n) is 6.23. The van der Waals surface area contributed by atoms with E-state index in [1.165, 1.54) is 0 Å². The van der Waals surface area contributed by atoms with Crippen LogP contribution in [-0.4, -0.2) is 56.1 Å². The number of amides is 1. The summed E-state index contributed by atoms with van der Waals surface area (Å²) in [5.74, 6) is -12.6. The van der Waals surface area contributed by atoms with Crippen LogP contribution in [0.25, 0.3) is 6.08 Å². The standard InChI is InChI=1S/C25H25NO8/c1-9-12-6-5-11(7-10-3-2-4-10)19(28)16(12)21(30)18-15(9)20(29)13-8-14(27)17(24(26)33)22(31)25(13,34)23(18)32/h5-7,9,13,15,17-18,20,28-29,34H,2-4,8H2,1H3,(H2,26,33)/t9-,13+,15+,17?,18?,20+,25+/m0/s1. The molecular formula is C25H25NO8. The maximum Gasteiger partial charge on any atom is 0.235 e. The Hall–Kier alpha value is -3.17. The number of nitrogens with two attached hydrogens (primary N) is 1. The lowest BCUT2D eigenvalue weighted by Crippen LogP contribution is -2.72. The van der Waals surface area contributed by atoms with E-state index in [0.29, 0.717) is 11.1 Å². The average molecular weight is 467 g/mol. The summed E-state index contributed by atoms with van der Waals surface area (Å²) in [4.78, 5) is 64.4. The number of carbonyl (C=O) groups excluding carboxylic acids is 5. The van der Waals surface area contributed by atoms with Crippen molar-refractivity contribution in [2.45, 2.75) is 50.2 Å². The summed E-state index contributed by atoms with van der Waals surface area (Å²) in [6, 6.07) is 3.36. The maximum absolute atomic E-state index is 13.6. The molecule has 7 atom stereocenters. The van der Waals surface area contributed by atoms with Gasteiger partial charge in [-0.1, -0.05) is 30.7 Å². The van der Waals surface area contributed by atoms with Gasteiger partial charge >= 0.3 is 0 Å². The number of carbonyl (C=O) groups is 5. The Labute approximate surface area is 194 Å². The summed E-state index contributed by atoms with van der Waals surface area (Å²) in [6.07, 6.45) is 2.49. The predicted molar refractivity (Wildman–Crippen MR) is 116 cm³/mol. The van der Waals surface area contributed by atoms with Gasteiger partial charge < -0.3 is 21.1 Å². The second kappa shape index (κ2) is 7.41. The first-order chi connectivity index (χ1) is 16.0. The summed E-state index contributed by atoms with van der Waals surface area (Å²) in [7, 11) is 0. The average Bonchev–Trinajstić information content (AvgIpc) is 2.74. The van der Waals surface area contributed by atoms with E-state index < -0.39 is 76.8 Å². The Kier molecular flexibility index (Phi) is 4.93. The molecule has 4 aliphatic rings. The smallest absolute Gasteiger partial charge is 0.235 e. The van der Waals surface area contributed by atoms with E-state index in [-0.39, 0.29) is 11.3 Å². The lowest BCUT2D eigenvalue weighted by Gasteiger charge is -2.52. The number of primary amides is 1. The molecule has 9 nitrogen and oxygen atoms in total. The number of aliphatic hydroxyl groups is 2. The van der Waals surface area contributed by atoms with Gasteiger partial charge in [0.25, 0.3) is 0 Å². The molecule has 5 rings (SSSR count). The number of aliphatic hydroxyl groups excluding tert-OH is 1. The van der Waals surface area contributed by atoms with Gasteiger partial charge in [-0.05, 0) is 30.7 Å². The highest BCUT2D eigenvalue weighted by molar-refractivity contribution is 6.31. The lowest BCUT2D eigenvalue weighted by molar-refractivity contribution is -0.189. The van der Waals surface area contributed by atoms with Gasteiger partial charge in [-0.25, -0.2) is 0 Å². The molecule has 2 unspecified atom stereocenters. The van der Waals surface area contributed by atoms with Crippen LogP contribution in [0.3, 0.4) is 0 Å². The fraction of sp³-hybridized carbons (Fsp3) is 0.480. The van der Waals surface area contributed by atoms with Gasteiger partial charge in [0.1, 0.15) is 5.75 Å². The van der Waals surface area contributed by atoms with Crippen molar-refractivity contribution in [1.82, 2.24) is 0 Å².